The van der Waals surface area contributed by atoms with Crippen molar-refractivity contribution in [3.8, 4) is 0 Å². The number of carbonyl (C=O) groups is 1. The number of amides is 1. The molecule has 4 saturated carbocycles. The largest absolute Gasteiger partial charge is 0.390 e. The van der Waals surface area contributed by atoms with Gasteiger partial charge in [-0.1, -0.05) is 0 Å². The van der Waals surface area contributed by atoms with Gasteiger partial charge in [-0.05, 0) is 50.4 Å². The van der Waals surface area contributed by atoms with Gasteiger partial charge in [0.05, 0.1) is 5.60 Å². The predicted octanol–water partition coefficient (Wildman–Crippen LogP) is 1.21. The Morgan fingerprint density at radius 2 is 1.87 bits per heavy atom. The molecule has 4 rings (SSSR count). The van der Waals surface area contributed by atoms with Crippen molar-refractivity contribution < 1.29 is 9.90 Å². The van der Waals surface area contributed by atoms with Crippen LogP contribution in [0.25, 0.3) is 0 Å². The molecule has 0 aliphatic heterocycles. The first-order valence-corrected chi connectivity index (χ1v) is 6.00. The molecule has 0 spiro atoms. The molecule has 4 aliphatic rings. The zero-order valence-corrected chi connectivity index (χ0v) is 9.25. The molecule has 0 radical (unpaired) electrons. The Bertz CT molecular complexity index is 299. The molecule has 3 nitrogen and oxygen atoms in total. The SMILES string of the molecule is CC(=O)NC12C[C@@H]3C[C@@H](CC(O)(C3)C1)C2. The lowest BCUT2D eigenvalue weighted by Gasteiger charge is -2.60. The fraction of sp³-hybridized carbons (Fsp3) is 0.917. The fourth-order valence-electron chi connectivity index (χ4n) is 4.73. The van der Waals surface area contributed by atoms with E-state index in [1.54, 1.807) is 6.92 Å². The minimum atomic E-state index is -0.466. The smallest absolute Gasteiger partial charge is 0.217 e. The number of aliphatic hydroxyl groups is 1. The zero-order chi connectivity index (χ0) is 10.7. The van der Waals surface area contributed by atoms with E-state index in [1.165, 1.54) is 6.42 Å². The van der Waals surface area contributed by atoms with E-state index in [2.05, 4.69) is 5.32 Å². The highest BCUT2D eigenvalue weighted by Crippen LogP contribution is 2.57. The van der Waals surface area contributed by atoms with Crippen LogP contribution >= 0.6 is 0 Å². The molecule has 0 aromatic heterocycles. The van der Waals surface area contributed by atoms with Crippen molar-refractivity contribution in [3.63, 3.8) is 0 Å². The van der Waals surface area contributed by atoms with E-state index in [0.717, 1.165) is 32.1 Å². The third-order valence-corrected chi connectivity index (χ3v) is 4.47. The number of hydrogen-bond donors (Lipinski definition) is 2. The summed E-state index contributed by atoms with van der Waals surface area (Å²) in [5.74, 6) is 1.34. The van der Waals surface area contributed by atoms with Gasteiger partial charge in [0.1, 0.15) is 0 Å². The summed E-state index contributed by atoms with van der Waals surface area (Å²) in [6.45, 7) is 1.59. The monoisotopic (exact) mass is 209 g/mol. The third kappa shape index (κ3) is 1.48. The van der Waals surface area contributed by atoms with Gasteiger partial charge in [-0.25, -0.2) is 0 Å². The second kappa shape index (κ2) is 2.76. The number of hydrogen-bond acceptors (Lipinski definition) is 2. The molecule has 4 atom stereocenters. The number of carbonyl (C=O) groups excluding carboxylic acids is 1. The van der Waals surface area contributed by atoms with Crippen LogP contribution < -0.4 is 5.32 Å². The molecular weight excluding hydrogens is 190 g/mol. The average molecular weight is 209 g/mol. The highest BCUT2D eigenvalue weighted by atomic mass is 16.3. The molecule has 1 amide bonds. The molecular formula is C12H19NO2. The van der Waals surface area contributed by atoms with Crippen molar-refractivity contribution in [3.05, 3.63) is 0 Å². The Morgan fingerprint density at radius 3 is 2.33 bits per heavy atom. The van der Waals surface area contributed by atoms with E-state index in [4.69, 9.17) is 0 Å². The summed E-state index contributed by atoms with van der Waals surface area (Å²) < 4.78 is 0. The van der Waals surface area contributed by atoms with Crippen LogP contribution in [0.15, 0.2) is 0 Å². The lowest BCUT2D eigenvalue weighted by molar-refractivity contribution is -0.149. The first-order valence-electron chi connectivity index (χ1n) is 6.00. The van der Waals surface area contributed by atoms with Gasteiger partial charge in [0, 0.05) is 12.5 Å². The van der Waals surface area contributed by atoms with Crippen LogP contribution in [0.3, 0.4) is 0 Å². The van der Waals surface area contributed by atoms with Gasteiger partial charge in [-0.3, -0.25) is 4.79 Å². The maximum Gasteiger partial charge on any atom is 0.217 e. The third-order valence-electron chi connectivity index (χ3n) is 4.47. The van der Waals surface area contributed by atoms with Gasteiger partial charge in [-0.2, -0.15) is 0 Å². The first-order chi connectivity index (χ1) is 6.99. The highest BCUT2D eigenvalue weighted by molar-refractivity contribution is 5.74. The molecule has 0 heterocycles. The number of nitrogens with one attached hydrogen (secondary N) is 1. The van der Waals surface area contributed by atoms with E-state index >= 15 is 0 Å². The van der Waals surface area contributed by atoms with Gasteiger partial charge < -0.3 is 10.4 Å². The second-order valence-electron chi connectivity index (χ2n) is 6.15. The van der Waals surface area contributed by atoms with E-state index in [-0.39, 0.29) is 11.4 Å². The van der Waals surface area contributed by atoms with Crippen molar-refractivity contribution in [2.45, 2.75) is 56.6 Å². The van der Waals surface area contributed by atoms with E-state index in [9.17, 15) is 9.90 Å². The maximum absolute atomic E-state index is 11.2. The summed E-state index contributed by atoms with van der Waals surface area (Å²) in [6, 6.07) is 0. The summed E-state index contributed by atoms with van der Waals surface area (Å²) in [4.78, 5) is 11.2. The van der Waals surface area contributed by atoms with E-state index in [1.807, 2.05) is 0 Å². The summed E-state index contributed by atoms with van der Waals surface area (Å²) in [6.07, 6.45) is 6.16. The van der Waals surface area contributed by atoms with Gasteiger partial charge in [0.15, 0.2) is 0 Å². The van der Waals surface area contributed by atoms with Crippen molar-refractivity contribution in [2.75, 3.05) is 0 Å². The number of rotatable bonds is 1. The van der Waals surface area contributed by atoms with Gasteiger partial charge in [0.25, 0.3) is 0 Å². The van der Waals surface area contributed by atoms with E-state index in [0.29, 0.717) is 11.8 Å². The summed E-state index contributed by atoms with van der Waals surface area (Å²) in [7, 11) is 0. The molecule has 2 unspecified atom stereocenters. The maximum atomic E-state index is 11.2. The minimum absolute atomic E-state index is 0.0561. The Balaban J connectivity index is 1.89. The molecule has 4 aliphatic carbocycles. The Kier molecular flexibility index (Phi) is 1.77. The predicted molar refractivity (Wildman–Crippen MR) is 56.2 cm³/mol. The Hall–Kier alpha value is -0.570. The van der Waals surface area contributed by atoms with Crippen LogP contribution in [0.4, 0.5) is 0 Å². The molecule has 0 aromatic rings. The van der Waals surface area contributed by atoms with Crippen molar-refractivity contribution in [2.24, 2.45) is 11.8 Å². The molecule has 84 valence electrons. The summed E-state index contributed by atoms with van der Waals surface area (Å²) in [5.41, 5.74) is -0.531. The van der Waals surface area contributed by atoms with Crippen LogP contribution in [-0.2, 0) is 4.79 Å². The van der Waals surface area contributed by atoms with Gasteiger partial charge >= 0.3 is 0 Å². The molecule has 4 fully saturated rings. The quantitative estimate of drug-likeness (QED) is 0.682. The average Bonchev–Trinajstić information content (AvgIpc) is 1.94. The van der Waals surface area contributed by atoms with Gasteiger partial charge in [-0.15, -0.1) is 0 Å². The lowest BCUT2D eigenvalue weighted by Crippen LogP contribution is -2.65. The summed E-state index contributed by atoms with van der Waals surface area (Å²) in [5, 5.41) is 13.5. The molecule has 3 heteroatoms. The van der Waals surface area contributed by atoms with Crippen molar-refractivity contribution >= 4 is 5.91 Å². The van der Waals surface area contributed by atoms with Crippen LogP contribution in [0, 0.1) is 11.8 Å². The minimum Gasteiger partial charge on any atom is -0.390 e. The zero-order valence-electron chi connectivity index (χ0n) is 9.25. The van der Waals surface area contributed by atoms with Crippen molar-refractivity contribution in [1.82, 2.24) is 5.32 Å². The normalized spacial score (nSPS) is 51.9. The van der Waals surface area contributed by atoms with Crippen molar-refractivity contribution in [1.29, 1.82) is 0 Å². The molecule has 4 bridgehead atoms. The Labute approximate surface area is 90.2 Å². The molecule has 0 saturated heterocycles. The lowest BCUT2D eigenvalue weighted by atomic mass is 9.51. The highest BCUT2D eigenvalue weighted by Gasteiger charge is 2.57. The topological polar surface area (TPSA) is 49.3 Å². The fourth-order valence-corrected chi connectivity index (χ4v) is 4.73. The molecule has 2 N–H and O–H groups in total. The second-order valence-corrected chi connectivity index (χ2v) is 6.15. The van der Waals surface area contributed by atoms with E-state index < -0.39 is 5.60 Å². The molecule has 15 heavy (non-hydrogen) atoms. The standard InChI is InChI=1S/C12H19NO2/c1-8(14)13-11-3-9-2-10(4-11)6-12(15,5-9)7-11/h9-10,15H,2-7H2,1H3,(H,13,14)/t9-,10+,11?,12?. The first kappa shape index (κ1) is 9.64. The Morgan fingerprint density at radius 1 is 1.27 bits per heavy atom. The van der Waals surface area contributed by atoms with Crippen LogP contribution in [0.1, 0.15) is 45.4 Å². The van der Waals surface area contributed by atoms with Crippen LogP contribution in [-0.4, -0.2) is 22.2 Å². The van der Waals surface area contributed by atoms with Gasteiger partial charge in [0.2, 0.25) is 5.91 Å². The summed E-state index contributed by atoms with van der Waals surface area (Å²) >= 11 is 0. The van der Waals surface area contributed by atoms with Crippen LogP contribution in [0.2, 0.25) is 0 Å². The molecule has 0 aromatic carbocycles. The van der Waals surface area contributed by atoms with Crippen LogP contribution in [0.5, 0.6) is 0 Å².